The first-order valence-electron chi connectivity index (χ1n) is 11.7. The minimum Gasteiger partial charge on any atom is -0.378 e. The predicted molar refractivity (Wildman–Crippen MR) is 135 cm³/mol. The summed E-state index contributed by atoms with van der Waals surface area (Å²) in [4.78, 5) is 34.9. The van der Waals surface area contributed by atoms with E-state index >= 15 is 0 Å². The number of morpholine rings is 1. The Morgan fingerprint density at radius 2 is 1.86 bits per heavy atom. The van der Waals surface area contributed by atoms with Crippen LogP contribution in [0.4, 0.5) is 22.1 Å². The number of hydrogen-bond acceptors (Lipinski definition) is 8. The molecule has 182 valence electrons. The lowest BCUT2D eigenvalue weighted by Crippen LogP contribution is -2.39. The van der Waals surface area contributed by atoms with E-state index in [1.54, 1.807) is 12.4 Å². The highest BCUT2D eigenvalue weighted by atomic mass is 35.5. The fourth-order valence-corrected chi connectivity index (χ4v) is 4.38. The fraction of sp³-hybridized carbons (Fsp3) is 0.375. The molecule has 0 unspecified atom stereocenters. The summed E-state index contributed by atoms with van der Waals surface area (Å²) in [5, 5.41) is 5.92. The molecule has 1 fully saturated rings. The molecule has 10 nitrogen and oxygen atoms in total. The Morgan fingerprint density at radius 1 is 1.06 bits per heavy atom. The fourth-order valence-electron chi connectivity index (χ4n) is 4.28. The molecule has 2 N–H and O–H groups in total. The molecule has 35 heavy (non-hydrogen) atoms. The summed E-state index contributed by atoms with van der Waals surface area (Å²) in [7, 11) is 0. The summed E-state index contributed by atoms with van der Waals surface area (Å²) >= 11 is 5.93. The molecular formula is C24H27ClN8O2. The summed E-state index contributed by atoms with van der Waals surface area (Å²) in [6.45, 7) is 6.80. The number of hydrogen-bond donors (Lipinski definition) is 2. The molecule has 2 aliphatic rings. The standard InChI is InChI=1S/C24H27ClN8O2/c1-2-26-24(34)29-17-5-3-16(4-6-17)22-30-19-15-33(21-14-27-20(25)13-28-21)8-7-18(19)23(31-22)32-9-11-35-12-10-32/h3-6,13-14H,2,7-12,15H2,1H3,(H2,26,29,34). The van der Waals surface area contributed by atoms with Gasteiger partial charge in [0, 0.05) is 43.0 Å². The van der Waals surface area contributed by atoms with Gasteiger partial charge in [0.1, 0.15) is 16.8 Å². The average molecular weight is 495 g/mol. The number of carbonyl (C=O) groups excluding carboxylic acids is 1. The number of carbonyl (C=O) groups is 1. The van der Waals surface area contributed by atoms with Crippen LogP contribution in [0.25, 0.3) is 11.4 Å². The molecule has 0 radical (unpaired) electrons. The first-order valence-corrected chi connectivity index (χ1v) is 12.1. The number of rotatable bonds is 5. The lowest BCUT2D eigenvalue weighted by Gasteiger charge is -2.34. The molecule has 0 bridgehead atoms. The SMILES string of the molecule is CCNC(=O)Nc1ccc(-c2nc3c(c(N4CCOCC4)n2)CCN(c2cnc(Cl)cn2)C3)cc1. The second-order valence-electron chi connectivity index (χ2n) is 8.33. The van der Waals surface area contributed by atoms with E-state index in [2.05, 4.69) is 30.4 Å². The molecular weight excluding hydrogens is 468 g/mol. The van der Waals surface area contributed by atoms with Crippen LogP contribution in [-0.2, 0) is 17.7 Å². The number of nitrogens with zero attached hydrogens (tertiary/aromatic N) is 6. The van der Waals surface area contributed by atoms with Crippen molar-refractivity contribution < 1.29 is 9.53 Å². The van der Waals surface area contributed by atoms with Gasteiger partial charge in [-0.15, -0.1) is 0 Å². The zero-order chi connectivity index (χ0) is 24.2. The van der Waals surface area contributed by atoms with Crippen molar-refractivity contribution in [2.75, 3.05) is 54.5 Å². The van der Waals surface area contributed by atoms with E-state index < -0.39 is 0 Å². The maximum absolute atomic E-state index is 11.8. The van der Waals surface area contributed by atoms with E-state index in [4.69, 9.17) is 26.3 Å². The summed E-state index contributed by atoms with van der Waals surface area (Å²) in [6, 6.07) is 7.34. The molecule has 0 saturated carbocycles. The van der Waals surface area contributed by atoms with Crippen molar-refractivity contribution in [1.82, 2.24) is 25.3 Å². The van der Waals surface area contributed by atoms with Gasteiger partial charge in [0.15, 0.2) is 5.82 Å². The predicted octanol–water partition coefficient (Wildman–Crippen LogP) is 3.13. The van der Waals surface area contributed by atoms with Crippen LogP contribution in [0, 0.1) is 0 Å². The van der Waals surface area contributed by atoms with Crippen molar-refractivity contribution in [2.45, 2.75) is 19.9 Å². The molecule has 2 aromatic heterocycles. The van der Waals surface area contributed by atoms with Gasteiger partial charge in [-0.25, -0.2) is 24.7 Å². The number of nitrogens with one attached hydrogen (secondary N) is 2. The zero-order valence-electron chi connectivity index (χ0n) is 19.5. The quantitative estimate of drug-likeness (QED) is 0.557. The van der Waals surface area contributed by atoms with Crippen molar-refractivity contribution in [1.29, 1.82) is 0 Å². The Morgan fingerprint density at radius 3 is 2.57 bits per heavy atom. The van der Waals surface area contributed by atoms with Gasteiger partial charge >= 0.3 is 6.03 Å². The normalized spacial score (nSPS) is 15.5. The van der Waals surface area contributed by atoms with Crippen LogP contribution < -0.4 is 20.4 Å². The van der Waals surface area contributed by atoms with E-state index in [0.717, 1.165) is 48.9 Å². The second kappa shape index (κ2) is 10.4. The molecule has 1 saturated heterocycles. The number of aromatic nitrogens is 4. The van der Waals surface area contributed by atoms with E-state index in [1.165, 1.54) is 5.56 Å². The molecule has 5 rings (SSSR count). The Labute approximate surface area is 208 Å². The van der Waals surface area contributed by atoms with Crippen LogP contribution in [0.3, 0.4) is 0 Å². The molecule has 0 atom stereocenters. The number of ether oxygens (including phenoxy) is 1. The van der Waals surface area contributed by atoms with Crippen molar-refractivity contribution in [3.05, 3.63) is 53.1 Å². The lowest BCUT2D eigenvalue weighted by atomic mass is 10.0. The van der Waals surface area contributed by atoms with Gasteiger partial charge in [0.25, 0.3) is 0 Å². The monoisotopic (exact) mass is 494 g/mol. The summed E-state index contributed by atoms with van der Waals surface area (Å²) in [6.07, 6.45) is 4.06. The third kappa shape index (κ3) is 5.28. The summed E-state index contributed by atoms with van der Waals surface area (Å²) in [5.41, 5.74) is 3.73. The summed E-state index contributed by atoms with van der Waals surface area (Å²) in [5.74, 6) is 2.40. The Balaban J connectivity index is 1.47. The number of fused-ring (bicyclic) bond motifs is 1. The molecule has 1 aromatic carbocycles. The van der Waals surface area contributed by atoms with Crippen molar-refractivity contribution in [3.8, 4) is 11.4 Å². The van der Waals surface area contributed by atoms with Crippen LogP contribution in [0.15, 0.2) is 36.7 Å². The highest BCUT2D eigenvalue weighted by molar-refractivity contribution is 6.29. The van der Waals surface area contributed by atoms with Crippen molar-refractivity contribution in [3.63, 3.8) is 0 Å². The average Bonchev–Trinajstić information content (AvgIpc) is 2.89. The van der Waals surface area contributed by atoms with Crippen molar-refractivity contribution in [2.24, 2.45) is 0 Å². The zero-order valence-corrected chi connectivity index (χ0v) is 20.3. The lowest BCUT2D eigenvalue weighted by molar-refractivity contribution is 0.122. The number of urea groups is 1. The first-order chi connectivity index (χ1) is 17.1. The van der Waals surface area contributed by atoms with Crippen LogP contribution in [-0.4, -0.2) is 65.4 Å². The molecule has 3 aromatic rings. The van der Waals surface area contributed by atoms with Crippen molar-refractivity contribution >= 4 is 35.0 Å². The minimum absolute atomic E-state index is 0.231. The van der Waals surface area contributed by atoms with Gasteiger partial charge in [-0.2, -0.15) is 0 Å². The van der Waals surface area contributed by atoms with E-state index in [-0.39, 0.29) is 6.03 Å². The maximum Gasteiger partial charge on any atom is 0.319 e. The number of anilines is 3. The summed E-state index contributed by atoms with van der Waals surface area (Å²) < 4.78 is 5.57. The van der Waals surface area contributed by atoms with E-state index in [9.17, 15) is 4.79 Å². The highest BCUT2D eigenvalue weighted by Crippen LogP contribution is 2.31. The topological polar surface area (TPSA) is 108 Å². The molecule has 0 spiro atoms. The number of benzene rings is 1. The van der Waals surface area contributed by atoms with E-state index in [1.807, 2.05) is 31.2 Å². The van der Waals surface area contributed by atoms with Gasteiger partial charge in [-0.3, -0.25) is 0 Å². The number of halogens is 1. The van der Waals surface area contributed by atoms with Crippen LogP contribution >= 0.6 is 11.6 Å². The molecule has 0 aliphatic carbocycles. The molecule has 2 amide bonds. The minimum atomic E-state index is -0.231. The van der Waals surface area contributed by atoms with Gasteiger partial charge in [-0.05, 0) is 37.6 Å². The van der Waals surface area contributed by atoms with Gasteiger partial charge < -0.3 is 25.2 Å². The molecule has 2 aliphatic heterocycles. The molecule has 4 heterocycles. The van der Waals surface area contributed by atoms with Gasteiger partial charge in [-0.1, -0.05) is 11.6 Å². The van der Waals surface area contributed by atoms with Gasteiger partial charge in [0.2, 0.25) is 0 Å². The number of amides is 2. The van der Waals surface area contributed by atoms with Gasteiger partial charge in [0.05, 0.1) is 37.8 Å². The Kier molecular flexibility index (Phi) is 6.91. The third-order valence-corrected chi connectivity index (χ3v) is 6.22. The highest BCUT2D eigenvalue weighted by Gasteiger charge is 2.27. The third-order valence-electron chi connectivity index (χ3n) is 6.02. The Hall–Kier alpha value is -3.50. The van der Waals surface area contributed by atoms with Crippen LogP contribution in [0.2, 0.25) is 5.15 Å². The Bertz CT molecular complexity index is 1180. The van der Waals surface area contributed by atoms with Crippen LogP contribution in [0.5, 0.6) is 0 Å². The maximum atomic E-state index is 11.8. The van der Waals surface area contributed by atoms with E-state index in [0.29, 0.717) is 43.0 Å². The smallest absolute Gasteiger partial charge is 0.319 e. The van der Waals surface area contributed by atoms with Crippen LogP contribution in [0.1, 0.15) is 18.2 Å². The largest absolute Gasteiger partial charge is 0.378 e. The molecule has 11 heteroatoms. The second-order valence-corrected chi connectivity index (χ2v) is 8.71. The first kappa shape index (κ1) is 23.3.